The molecule has 0 unspecified atom stereocenters. The minimum absolute atomic E-state index is 0.459. The van der Waals surface area contributed by atoms with Gasteiger partial charge >= 0.3 is 0 Å². The highest BCUT2D eigenvalue weighted by Gasteiger charge is 2.22. The molecule has 2 N–H and O–H groups in total. The lowest BCUT2D eigenvalue weighted by Crippen LogP contribution is -2.36. The van der Waals surface area contributed by atoms with Crippen molar-refractivity contribution in [3.63, 3.8) is 0 Å². The van der Waals surface area contributed by atoms with Crippen molar-refractivity contribution in [2.45, 2.75) is 13.5 Å². The number of rotatable bonds is 4. The van der Waals surface area contributed by atoms with Crippen LogP contribution in [-0.2, 0) is 6.54 Å². The van der Waals surface area contributed by atoms with E-state index in [1.165, 1.54) is 0 Å². The molecule has 0 amide bonds. The normalized spacial score (nSPS) is 14.9. The lowest BCUT2D eigenvalue weighted by atomic mass is 10.2. The van der Waals surface area contributed by atoms with Crippen LogP contribution >= 0.6 is 11.6 Å². The van der Waals surface area contributed by atoms with Crippen LogP contribution in [-0.4, -0.2) is 34.2 Å². The lowest BCUT2D eigenvalue weighted by molar-refractivity contribution is 0.371. The average Bonchev–Trinajstić information content (AvgIpc) is 2.97. The van der Waals surface area contributed by atoms with Gasteiger partial charge < -0.3 is 15.4 Å². The number of amidine groups is 1. The second-order valence-corrected chi connectivity index (χ2v) is 5.65. The Morgan fingerprint density at radius 2 is 2.09 bits per heavy atom. The molecule has 7 heteroatoms. The van der Waals surface area contributed by atoms with Crippen molar-refractivity contribution in [1.82, 2.24) is 14.7 Å². The fraction of sp³-hybridized carbons (Fsp3) is 0.250. The first kappa shape index (κ1) is 15.4. The topological polar surface area (TPSA) is 68.7 Å². The molecule has 120 valence electrons. The summed E-state index contributed by atoms with van der Waals surface area (Å²) in [7, 11) is 1.65. The summed E-state index contributed by atoms with van der Waals surface area (Å²) in [4.78, 5) is 6.30. The first-order chi connectivity index (χ1) is 11.1. The molecule has 23 heavy (non-hydrogen) atoms. The number of hydrogen-bond donors (Lipinski definition) is 1. The summed E-state index contributed by atoms with van der Waals surface area (Å²) in [6.45, 7) is 2.94. The maximum absolute atomic E-state index is 6.54. The molecule has 0 bridgehead atoms. The summed E-state index contributed by atoms with van der Waals surface area (Å²) < 4.78 is 7.04. The Morgan fingerprint density at radius 1 is 1.30 bits per heavy atom. The van der Waals surface area contributed by atoms with E-state index in [0.29, 0.717) is 29.9 Å². The fourth-order valence-corrected chi connectivity index (χ4v) is 2.72. The van der Waals surface area contributed by atoms with E-state index in [0.717, 1.165) is 17.0 Å². The van der Waals surface area contributed by atoms with Gasteiger partial charge in [0.1, 0.15) is 11.6 Å². The van der Waals surface area contributed by atoms with E-state index < -0.39 is 0 Å². The number of aryl methyl sites for hydroxylation is 1. The van der Waals surface area contributed by atoms with Crippen molar-refractivity contribution < 1.29 is 4.74 Å². The first-order valence-electron chi connectivity index (χ1n) is 7.21. The lowest BCUT2D eigenvalue weighted by Gasteiger charge is -2.28. The molecule has 3 rings (SSSR count). The van der Waals surface area contributed by atoms with Crippen LogP contribution < -0.4 is 10.5 Å². The maximum Gasteiger partial charge on any atom is 0.190 e. The van der Waals surface area contributed by atoms with Crippen molar-refractivity contribution in [1.29, 1.82) is 0 Å². The van der Waals surface area contributed by atoms with Crippen molar-refractivity contribution in [3.8, 4) is 5.75 Å². The third kappa shape index (κ3) is 3.17. The molecule has 1 aromatic carbocycles. The minimum Gasteiger partial charge on any atom is -0.496 e. The summed E-state index contributed by atoms with van der Waals surface area (Å²) in [6.07, 6.45) is 1.82. The van der Waals surface area contributed by atoms with Crippen molar-refractivity contribution >= 4 is 23.3 Å². The van der Waals surface area contributed by atoms with Crippen molar-refractivity contribution in [3.05, 3.63) is 52.9 Å². The molecule has 2 aromatic rings. The molecule has 0 aliphatic carbocycles. The van der Waals surface area contributed by atoms with Gasteiger partial charge in [0.25, 0.3) is 0 Å². The summed E-state index contributed by atoms with van der Waals surface area (Å²) in [6, 6.07) is 9.72. The van der Waals surface area contributed by atoms with E-state index in [4.69, 9.17) is 22.1 Å². The van der Waals surface area contributed by atoms with E-state index in [-0.39, 0.29) is 0 Å². The highest BCUT2D eigenvalue weighted by Crippen LogP contribution is 2.28. The number of para-hydroxylation sites is 1. The van der Waals surface area contributed by atoms with Gasteiger partial charge in [-0.1, -0.05) is 29.8 Å². The van der Waals surface area contributed by atoms with Crippen molar-refractivity contribution in [2.24, 2.45) is 10.7 Å². The second-order valence-electron chi connectivity index (χ2n) is 5.29. The molecule has 0 saturated heterocycles. The quantitative estimate of drug-likeness (QED) is 0.873. The summed E-state index contributed by atoms with van der Waals surface area (Å²) in [5.41, 5.74) is 7.90. The Hall–Kier alpha value is -2.47. The van der Waals surface area contributed by atoms with Crippen LogP contribution in [0.4, 0.5) is 0 Å². The molecule has 1 aromatic heterocycles. The van der Waals surface area contributed by atoms with Gasteiger partial charge in [-0.2, -0.15) is 5.10 Å². The zero-order valence-corrected chi connectivity index (χ0v) is 13.8. The number of nitrogens with zero attached hydrogens (tertiary/aromatic N) is 4. The largest absolute Gasteiger partial charge is 0.496 e. The highest BCUT2D eigenvalue weighted by molar-refractivity contribution is 6.32. The van der Waals surface area contributed by atoms with Crippen LogP contribution in [0.25, 0.3) is 5.82 Å². The van der Waals surface area contributed by atoms with Crippen molar-refractivity contribution in [2.75, 3.05) is 13.7 Å². The monoisotopic (exact) mass is 331 g/mol. The van der Waals surface area contributed by atoms with Crippen LogP contribution in [0.5, 0.6) is 5.75 Å². The Labute approximate surface area is 139 Å². The van der Waals surface area contributed by atoms with Gasteiger partial charge in [0.05, 0.1) is 19.3 Å². The third-order valence-corrected chi connectivity index (χ3v) is 3.97. The molecule has 2 heterocycles. The summed E-state index contributed by atoms with van der Waals surface area (Å²) in [5.74, 6) is 1.83. The van der Waals surface area contributed by atoms with Crippen LogP contribution in [0.2, 0.25) is 0 Å². The zero-order valence-electron chi connectivity index (χ0n) is 13.0. The Kier molecular flexibility index (Phi) is 4.25. The van der Waals surface area contributed by atoms with Gasteiger partial charge in [0.15, 0.2) is 11.0 Å². The molecule has 6 nitrogen and oxygen atoms in total. The Balaban J connectivity index is 1.94. The standard InChI is InChI=1S/C16H18ClN5O/c1-11-7-8-22(20-11)16-15(17)21(10-14(18)19-16)9-12-5-3-4-6-13(12)23-2/h3-8H,9-10H2,1-2H3,(H2,18,19). The number of hydrogen-bond acceptors (Lipinski definition) is 5. The smallest absolute Gasteiger partial charge is 0.190 e. The SMILES string of the molecule is COc1ccccc1CN1CC(N)=NC(n2ccc(C)n2)=C1Cl. The number of ether oxygens (including phenoxy) is 1. The third-order valence-electron chi connectivity index (χ3n) is 3.56. The predicted octanol–water partition coefficient (Wildman–Crippen LogP) is 2.40. The molecule has 1 aliphatic heterocycles. The molecule has 0 atom stereocenters. The van der Waals surface area contributed by atoms with Crippen LogP contribution in [0.3, 0.4) is 0 Å². The van der Waals surface area contributed by atoms with Gasteiger partial charge in [-0.05, 0) is 19.1 Å². The number of aromatic nitrogens is 2. The average molecular weight is 332 g/mol. The second kappa shape index (κ2) is 6.34. The highest BCUT2D eigenvalue weighted by atomic mass is 35.5. The van der Waals surface area contributed by atoms with E-state index >= 15 is 0 Å². The van der Waals surface area contributed by atoms with Crippen LogP contribution in [0.1, 0.15) is 11.3 Å². The summed E-state index contributed by atoms with van der Waals surface area (Å²) >= 11 is 6.54. The van der Waals surface area contributed by atoms with E-state index in [1.807, 2.05) is 48.4 Å². The van der Waals surface area contributed by atoms with Gasteiger partial charge in [-0.15, -0.1) is 0 Å². The molecule has 0 fully saturated rings. The number of benzene rings is 1. The van der Waals surface area contributed by atoms with Crippen LogP contribution in [0.15, 0.2) is 46.7 Å². The fourth-order valence-electron chi connectivity index (χ4n) is 2.47. The molecular formula is C16H18ClN5O. The number of aliphatic imine (C=N–C) groups is 1. The Bertz CT molecular complexity index is 780. The molecule has 0 spiro atoms. The van der Waals surface area contributed by atoms with E-state index in [2.05, 4.69) is 10.1 Å². The summed E-state index contributed by atoms with van der Waals surface area (Å²) in [5, 5.41) is 4.86. The molecular weight excluding hydrogens is 314 g/mol. The number of methoxy groups -OCH3 is 1. The van der Waals surface area contributed by atoms with Gasteiger partial charge in [0.2, 0.25) is 0 Å². The molecule has 0 radical (unpaired) electrons. The van der Waals surface area contributed by atoms with Crippen LogP contribution in [0, 0.1) is 6.92 Å². The zero-order chi connectivity index (χ0) is 16.4. The molecule has 1 aliphatic rings. The van der Waals surface area contributed by atoms with Gasteiger partial charge in [0, 0.05) is 18.3 Å². The predicted molar refractivity (Wildman–Crippen MR) is 91.1 cm³/mol. The Morgan fingerprint density at radius 3 is 2.78 bits per heavy atom. The molecule has 0 saturated carbocycles. The number of nitrogens with two attached hydrogens (primary N) is 1. The van der Waals surface area contributed by atoms with Gasteiger partial charge in [-0.3, -0.25) is 0 Å². The first-order valence-corrected chi connectivity index (χ1v) is 7.58. The minimum atomic E-state index is 0.459. The van der Waals surface area contributed by atoms with E-state index in [1.54, 1.807) is 11.8 Å². The maximum atomic E-state index is 6.54. The number of halogens is 1. The van der Waals surface area contributed by atoms with Gasteiger partial charge in [-0.25, -0.2) is 9.67 Å². The van der Waals surface area contributed by atoms with E-state index in [9.17, 15) is 0 Å².